The van der Waals surface area contributed by atoms with Crippen molar-refractivity contribution in [3.8, 4) is 11.8 Å². The van der Waals surface area contributed by atoms with Crippen LogP contribution in [0.2, 0.25) is 0 Å². The quantitative estimate of drug-likeness (QED) is 0.577. The van der Waals surface area contributed by atoms with Crippen molar-refractivity contribution >= 4 is 5.97 Å². The van der Waals surface area contributed by atoms with Crippen LogP contribution in [0.1, 0.15) is 6.92 Å². The van der Waals surface area contributed by atoms with Crippen molar-refractivity contribution < 1.29 is 15.0 Å². The van der Waals surface area contributed by atoms with Crippen LogP contribution in [0.3, 0.4) is 0 Å². The first kappa shape index (κ1) is 9.56. The van der Waals surface area contributed by atoms with E-state index in [2.05, 4.69) is 11.8 Å². The van der Waals surface area contributed by atoms with Crippen molar-refractivity contribution in [2.45, 2.75) is 12.5 Å². The van der Waals surface area contributed by atoms with Crippen molar-refractivity contribution in [3.05, 3.63) is 24.3 Å². The number of aliphatic carboxylic acids is 1. The number of aliphatic hydroxyl groups is 1. The van der Waals surface area contributed by atoms with Gasteiger partial charge in [0, 0.05) is 0 Å². The second-order valence-corrected chi connectivity index (χ2v) is 2.76. The average Bonchev–Trinajstić information content (AvgIpc) is 2.04. The average molecular weight is 178 g/mol. The Bertz CT molecular complexity index is 330. The summed E-state index contributed by atoms with van der Waals surface area (Å²) >= 11 is 0. The Balaban J connectivity index is 3.05. The Morgan fingerprint density at radius 1 is 1.54 bits per heavy atom. The minimum Gasteiger partial charge on any atom is -0.481 e. The molecule has 0 radical (unpaired) electrons. The molecule has 0 amide bonds. The summed E-state index contributed by atoms with van der Waals surface area (Å²) < 4.78 is 0. The molecular formula is C10H10O3. The van der Waals surface area contributed by atoms with Gasteiger partial charge in [-0.1, -0.05) is 24.1 Å². The zero-order valence-corrected chi connectivity index (χ0v) is 7.19. The van der Waals surface area contributed by atoms with E-state index < -0.39 is 17.5 Å². The van der Waals surface area contributed by atoms with Crippen molar-refractivity contribution in [2.75, 3.05) is 0 Å². The second-order valence-electron chi connectivity index (χ2n) is 2.76. The molecule has 1 aliphatic carbocycles. The highest BCUT2D eigenvalue weighted by Gasteiger charge is 2.37. The zero-order chi connectivity index (χ0) is 9.90. The van der Waals surface area contributed by atoms with Crippen LogP contribution in [0.15, 0.2) is 24.3 Å². The third kappa shape index (κ3) is 1.79. The molecule has 1 rings (SSSR count). The highest BCUT2D eigenvalue weighted by molar-refractivity contribution is 5.76. The van der Waals surface area contributed by atoms with E-state index in [1.54, 1.807) is 19.1 Å². The van der Waals surface area contributed by atoms with Gasteiger partial charge in [-0.25, -0.2) is 0 Å². The molecule has 0 saturated carbocycles. The van der Waals surface area contributed by atoms with Crippen LogP contribution in [0.4, 0.5) is 0 Å². The maximum absolute atomic E-state index is 10.7. The van der Waals surface area contributed by atoms with Gasteiger partial charge in [-0.05, 0) is 13.0 Å². The highest BCUT2D eigenvalue weighted by atomic mass is 16.4. The Labute approximate surface area is 76.4 Å². The summed E-state index contributed by atoms with van der Waals surface area (Å²) in [7, 11) is 0. The smallest absolute Gasteiger partial charge is 0.314 e. The van der Waals surface area contributed by atoms with E-state index in [1.165, 1.54) is 12.2 Å². The lowest BCUT2D eigenvalue weighted by atomic mass is 9.84. The van der Waals surface area contributed by atoms with E-state index in [4.69, 9.17) is 5.11 Å². The van der Waals surface area contributed by atoms with E-state index >= 15 is 0 Å². The molecule has 0 bridgehead atoms. The maximum Gasteiger partial charge on any atom is 0.314 e. The summed E-state index contributed by atoms with van der Waals surface area (Å²) in [5.41, 5.74) is -1.56. The molecule has 0 spiro atoms. The molecule has 13 heavy (non-hydrogen) atoms. The minimum atomic E-state index is -1.56. The molecule has 0 saturated heterocycles. The molecule has 0 aliphatic heterocycles. The number of allylic oxidation sites excluding steroid dienone is 2. The minimum absolute atomic E-state index is 0.982. The van der Waals surface area contributed by atoms with Crippen molar-refractivity contribution in [1.82, 2.24) is 0 Å². The Morgan fingerprint density at radius 2 is 2.23 bits per heavy atom. The first-order chi connectivity index (χ1) is 6.10. The summed E-state index contributed by atoms with van der Waals surface area (Å²) in [5, 5.41) is 18.6. The van der Waals surface area contributed by atoms with Gasteiger partial charge in [0.25, 0.3) is 0 Å². The van der Waals surface area contributed by atoms with Gasteiger partial charge in [0.05, 0.1) is 0 Å². The van der Waals surface area contributed by atoms with Gasteiger partial charge >= 0.3 is 5.97 Å². The molecule has 0 aromatic rings. The molecule has 2 N–H and O–H groups in total. The lowest BCUT2D eigenvalue weighted by Gasteiger charge is -2.25. The van der Waals surface area contributed by atoms with Gasteiger partial charge in [-0.2, -0.15) is 0 Å². The fourth-order valence-corrected chi connectivity index (χ4v) is 1.22. The van der Waals surface area contributed by atoms with Gasteiger partial charge in [0.2, 0.25) is 0 Å². The number of carboxylic acid groups (broad SMARTS) is 1. The molecule has 68 valence electrons. The van der Waals surface area contributed by atoms with Gasteiger partial charge in [-0.3, -0.25) is 4.79 Å². The summed E-state index contributed by atoms with van der Waals surface area (Å²) in [6.07, 6.45) is 5.99. The molecule has 0 aromatic heterocycles. The van der Waals surface area contributed by atoms with Crippen molar-refractivity contribution in [3.63, 3.8) is 0 Å². The number of carboxylic acids is 1. The van der Waals surface area contributed by atoms with Crippen LogP contribution in [0, 0.1) is 17.8 Å². The predicted octanol–water partition coefficient (Wildman–Crippen LogP) is 0.568. The van der Waals surface area contributed by atoms with E-state index in [1.807, 2.05) is 0 Å². The third-order valence-electron chi connectivity index (χ3n) is 1.83. The topological polar surface area (TPSA) is 57.5 Å². The highest BCUT2D eigenvalue weighted by Crippen LogP contribution is 2.24. The molecule has 0 fully saturated rings. The molecule has 1 aliphatic rings. The standard InChI is InChI=1S/C10H10O3/c1-2-6-10(13)7-4-3-5-8(10)9(11)12/h3-5,7-8,13H,1H3,(H,11,12)/t8-,10+/m1/s1. The van der Waals surface area contributed by atoms with Crippen molar-refractivity contribution in [1.29, 1.82) is 0 Å². The molecule has 2 atom stereocenters. The summed E-state index contributed by atoms with van der Waals surface area (Å²) in [4.78, 5) is 10.7. The fourth-order valence-electron chi connectivity index (χ4n) is 1.22. The van der Waals surface area contributed by atoms with Gasteiger partial charge in [0.1, 0.15) is 5.92 Å². The second kappa shape index (κ2) is 3.46. The summed E-state index contributed by atoms with van der Waals surface area (Å²) in [5.74, 6) is 2.93. The zero-order valence-electron chi connectivity index (χ0n) is 7.19. The largest absolute Gasteiger partial charge is 0.481 e. The van der Waals surface area contributed by atoms with E-state index in [0.29, 0.717) is 0 Å². The van der Waals surface area contributed by atoms with Crippen LogP contribution in [0.25, 0.3) is 0 Å². The Kier molecular flexibility index (Phi) is 2.54. The number of rotatable bonds is 1. The van der Waals surface area contributed by atoms with Crippen LogP contribution in [-0.2, 0) is 4.79 Å². The SMILES string of the molecule is CC#C[C@]1(O)C=CC=C[C@@H]1C(=O)O. The number of carbonyl (C=O) groups is 1. The summed E-state index contributed by atoms with van der Waals surface area (Å²) in [6.45, 7) is 1.56. The lowest BCUT2D eigenvalue weighted by molar-refractivity contribution is -0.144. The van der Waals surface area contributed by atoms with E-state index in [9.17, 15) is 9.90 Å². The van der Waals surface area contributed by atoms with Crippen LogP contribution in [-0.4, -0.2) is 21.8 Å². The van der Waals surface area contributed by atoms with E-state index in [0.717, 1.165) is 0 Å². The van der Waals surface area contributed by atoms with Gasteiger partial charge < -0.3 is 10.2 Å². The monoisotopic (exact) mass is 178 g/mol. The molecular weight excluding hydrogens is 168 g/mol. The first-order valence-electron chi connectivity index (χ1n) is 3.85. The maximum atomic E-state index is 10.7. The fraction of sp³-hybridized carbons (Fsp3) is 0.300. The number of hydrogen-bond donors (Lipinski definition) is 2. The molecule has 0 heterocycles. The molecule has 3 nitrogen and oxygen atoms in total. The first-order valence-corrected chi connectivity index (χ1v) is 3.85. The Hall–Kier alpha value is -1.53. The van der Waals surface area contributed by atoms with Gasteiger partial charge in [0.15, 0.2) is 5.60 Å². The van der Waals surface area contributed by atoms with Crippen LogP contribution < -0.4 is 0 Å². The Morgan fingerprint density at radius 3 is 2.77 bits per heavy atom. The molecule has 3 heteroatoms. The van der Waals surface area contributed by atoms with Crippen LogP contribution in [0.5, 0.6) is 0 Å². The van der Waals surface area contributed by atoms with Gasteiger partial charge in [-0.15, -0.1) is 5.92 Å². The van der Waals surface area contributed by atoms with Crippen molar-refractivity contribution in [2.24, 2.45) is 5.92 Å². The molecule has 0 aromatic carbocycles. The third-order valence-corrected chi connectivity index (χ3v) is 1.83. The van der Waals surface area contributed by atoms with Crippen LogP contribution >= 0.6 is 0 Å². The molecule has 0 unspecified atom stereocenters. The normalized spacial score (nSPS) is 30.8. The van der Waals surface area contributed by atoms with E-state index in [-0.39, 0.29) is 0 Å². The summed E-state index contributed by atoms with van der Waals surface area (Å²) in [6, 6.07) is 0. The number of hydrogen-bond acceptors (Lipinski definition) is 2. The lowest BCUT2D eigenvalue weighted by Crippen LogP contribution is -2.39. The predicted molar refractivity (Wildman–Crippen MR) is 47.8 cm³/mol.